The van der Waals surface area contributed by atoms with Gasteiger partial charge in [-0.05, 0) is 60.2 Å². The maximum atomic E-state index is 12.8. The van der Waals surface area contributed by atoms with Crippen LogP contribution >= 0.6 is 22.9 Å². The third-order valence-electron chi connectivity index (χ3n) is 4.40. The Morgan fingerprint density at radius 2 is 1.79 bits per heavy atom. The van der Waals surface area contributed by atoms with Gasteiger partial charge in [-0.15, -0.1) is 11.3 Å². The van der Waals surface area contributed by atoms with Crippen molar-refractivity contribution in [3.8, 4) is 21.9 Å². The number of nitrogens with one attached hydrogen (secondary N) is 1. The largest absolute Gasteiger partial charge is 0.497 e. The van der Waals surface area contributed by atoms with Crippen LogP contribution in [-0.2, 0) is 0 Å². The molecule has 0 radical (unpaired) electrons. The van der Waals surface area contributed by atoms with Crippen molar-refractivity contribution < 1.29 is 19.2 Å². The first kappa shape index (κ1) is 18.7. The predicted octanol–water partition coefficient (Wildman–Crippen LogP) is 3.85. The molecule has 7 heteroatoms. The minimum Gasteiger partial charge on any atom is -0.497 e. The molecule has 0 saturated carbocycles. The van der Waals surface area contributed by atoms with Crippen LogP contribution in [-0.4, -0.2) is 32.5 Å². The van der Waals surface area contributed by atoms with E-state index in [1.165, 1.54) is 11.3 Å². The lowest BCUT2D eigenvalue weighted by Gasteiger charge is -2.14. The van der Waals surface area contributed by atoms with Crippen LogP contribution in [0.1, 0.15) is 9.67 Å². The average molecular weight is 414 g/mol. The van der Waals surface area contributed by atoms with Gasteiger partial charge in [0.25, 0.3) is 0 Å². The second-order valence-corrected chi connectivity index (χ2v) is 7.71. The molecule has 1 aliphatic rings. The van der Waals surface area contributed by atoms with E-state index in [0.29, 0.717) is 28.0 Å². The molecular weight excluding hydrogens is 396 g/mol. The summed E-state index contributed by atoms with van der Waals surface area (Å²) in [5, 5.41) is 0.661. The fraction of sp³-hybridized carbons (Fsp3) is 0.143. The molecule has 0 fully saturated rings. The lowest BCUT2D eigenvalue weighted by atomic mass is 10.2. The van der Waals surface area contributed by atoms with E-state index >= 15 is 0 Å². The van der Waals surface area contributed by atoms with Gasteiger partial charge >= 0.3 is 5.91 Å². The number of aliphatic imine (C=N–C) groups is 1. The number of amides is 1. The van der Waals surface area contributed by atoms with Crippen molar-refractivity contribution in [2.24, 2.45) is 4.99 Å². The van der Waals surface area contributed by atoms with Gasteiger partial charge in [-0.1, -0.05) is 11.6 Å². The Kier molecular flexibility index (Phi) is 5.43. The second-order valence-electron chi connectivity index (χ2n) is 6.22. The fourth-order valence-corrected chi connectivity index (χ4v) is 4.09. The SMILES string of the molecule is COc1ccc(-c2cc3c(s2)C(=O)[NH+](CCOc2ccc(Cl)cc2)C=N3)cc1. The van der Waals surface area contributed by atoms with Crippen LogP contribution < -0.4 is 14.4 Å². The zero-order valence-corrected chi connectivity index (χ0v) is 16.7. The van der Waals surface area contributed by atoms with Crippen molar-refractivity contribution >= 4 is 40.9 Å². The summed E-state index contributed by atoms with van der Waals surface area (Å²) in [5.74, 6) is 1.55. The molecule has 3 aromatic rings. The van der Waals surface area contributed by atoms with E-state index in [4.69, 9.17) is 21.1 Å². The third kappa shape index (κ3) is 3.94. The zero-order chi connectivity index (χ0) is 19.5. The van der Waals surface area contributed by atoms with Gasteiger partial charge in [-0.25, -0.2) is 14.7 Å². The number of quaternary nitrogens is 1. The average Bonchev–Trinajstić information content (AvgIpc) is 3.16. The molecule has 0 saturated heterocycles. The summed E-state index contributed by atoms with van der Waals surface area (Å²) >= 11 is 7.33. The lowest BCUT2D eigenvalue weighted by Crippen LogP contribution is -3.14. The molecule has 1 amide bonds. The molecule has 2 heterocycles. The summed E-state index contributed by atoms with van der Waals surface area (Å²) < 4.78 is 10.9. The van der Waals surface area contributed by atoms with E-state index < -0.39 is 0 Å². The van der Waals surface area contributed by atoms with Gasteiger partial charge in [0.15, 0.2) is 11.2 Å². The number of methoxy groups -OCH3 is 1. The second kappa shape index (κ2) is 8.14. The van der Waals surface area contributed by atoms with E-state index in [1.807, 2.05) is 42.5 Å². The minimum atomic E-state index is 0.0227. The Morgan fingerprint density at radius 3 is 2.50 bits per heavy atom. The van der Waals surface area contributed by atoms with E-state index in [-0.39, 0.29) is 5.91 Å². The minimum absolute atomic E-state index is 0.0227. The van der Waals surface area contributed by atoms with Gasteiger partial charge in [-0.3, -0.25) is 0 Å². The predicted molar refractivity (Wildman–Crippen MR) is 112 cm³/mol. The topological polar surface area (TPSA) is 52.3 Å². The highest BCUT2D eigenvalue weighted by Crippen LogP contribution is 2.37. The molecular formula is C21H18ClN2O3S+. The van der Waals surface area contributed by atoms with Gasteiger partial charge in [0.1, 0.15) is 24.7 Å². The molecule has 1 atom stereocenters. The summed E-state index contributed by atoms with van der Waals surface area (Å²) in [5.41, 5.74) is 1.76. The number of ether oxygens (including phenoxy) is 2. The Balaban J connectivity index is 1.43. The number of hydrogen-bond donors (Lipinski definition) is 1. The van der Waals surface area contributed by atoms with E-state index in [0.717, 1.165) is 27.6 Å². The zero-order valence-electron chi connectivity index (χ0n) is 15.1. The highest BCUT2D eigenvalue weighted by Gasteiger charge is 2.30. The molecule has 2 aromatic carbocycles. The normalized spacial score (nSPS) is 15.4. The summed E-state index contributed by atoms with van der Waals surface area (Å²) in [4.78, 5) is 19.7. The van der Waals surface area contributed by atoms with Crippen LogP contribution in [0, 0.1) is 0 Å². The van der Waals surface area contributed by atoms with E-state index in [2.05, 4.69) is 4.99 Å². The molecule has 1 unspecified atom stereocenters. The molecule has 0 spiro atoms. The maximum absolute atomic E-state index is 12.8. The molecule has 0 bridgehead atoms. The highest BCUT2D eigenvalue weighted by atomic mass is 35.5. The molecule has 1 aromatic heterocycles. The monoisotopic (exact) mass is 413 g/mol. The number of carbonyl (C=O) groups is 1. The van der Waals surface area contributed by atoms with Crippen molar-refractivity contribution in [2.45, 2.75) is 0 Å². The molecule has 1 aliphatic heterocycles. The van der Waals surface area contributed by atoms with Crippen molar-refractivity contribution in [1.82, 2.24) is 0 Å². The number of halogens is 1. The number of carbonyl (C=O) groups excluding carboxylic acids is 1. The van der Waals surface area contributed by atoms with E-state index in [1.54, 1.807) is 25.6 Å². The number of fused-ring (bicyclic) bond motifs is 1. The number of nitrogens with zero attached hydrogens (tertiary/aromatic N) is 1. The standard InChI is InChI=1S/C21H17ClN2O3S/c1-26-16-6-2-14(3-7-16)19-12-18-20(28-19)21(25)24(13-23-18)10-11-27-17-8-4-15(22)5-9-17/h2-9,12-13H,10-11H2,1H3/p+1. The fourth-order valence-electron chi connectivity index (χ4n) is 2.88. The van der Waals surface area contributed by atoms with Gasteiger partial charge in [-0.2, -0.15) is 0 Å². The Morgan fingerprint density at radius 1 is 1.07 bits per heavy atom. The van der Waals surface area contributed by atoms with Gasteiger partial charge in [0, 0.05) is 9.90 Å². The van der Waals surface area contributed by atoms with Crippen LogP contribution in [0.3, 0.4) is 0 Å². The van der Waals surface area contributed by atoms with Gasteiger partial charge < -0.3 is 9.47 Å². The van der Waals surface area contributed by atoms with Crippen LogP contribution in [0.15, 0.2) is 59.6 Å². The summed E-state index contributed by atoms with van der Waals surface area (Å²) in [6.45, 7) is 0.904. The highest BCUT2D eigenvalue weighted by molar-refractivity contribution is 7.18. The molecule has 28 heavy (non-hydrogen) atoms. The molecule has 1 N–H and O–H groups in total. The quantitative estimate of drug-likeness (QED) is 0.667. The first-order valence-electron chi connectivity index (χ1n) is 8.75. The number of benzene rings is 2. The first-order chi connectivity index (χ1) is 13.6. The van der Waals surface area contributed by atoms with Crippen LogP contribution in [0.25, 0.3) is 10.4 Å². The van der Waals surface area contributed by atoms with Crippen LogP contribution in [0.5, 0.6) is 11.5 Å². The number of hydrogen-bond acceptors (Lipinski definition) is 5. The Bertz CT molecular complexity index is 1010. The summed E-state index contributed by atoms with van der Waals surface area (Å²) in [7, 11) is 1.64. The smallest absolute Gasteiger partial charge is 0.362 e. The molecule has 5 nitrogen and oxygen atoms in total. The van der Waals surface area contributed by atoms with E-state index in [9.17, 15) is 4.79 Å². The molecule has 0 aliphatic carbocycles. The van der Waals surface area contributed by atoms with Crippen molar-refractivity contribution in [3.05, 3.63) is 64.5 Å². The molecule has 142 valence electrons. The summed E-state index contributed by atoms with van der Waals surface area (Å²) in [6.07, 6.45) is 1.65. The lowest BCUT2D eigenvalue weighted by molar-refractivity contribution is -0.706. The Hall–Kier alpha value is -2.67. The van der Waals surface area contributed by atoms with Gasteiger partial charge in [0.05, 0.1) is 12.8 Å². The Labute approximate surface area is 171 Å². The van der Waals surface area contributed by atoms with Crippen LogP contribution in [0.4, 0.5) is 5.69 Å². The maximum Gasteiger partial charge on any atom is 0.362 e. The van der Waals surface area contributed by atoms with Crippen molar-refractivity contribution in [2.75, 3.05) is 20.3 Å². The third-order valence-corrected chi connectivity index (χ3v) is 5.82. The number of rotatable bonds is 6. The summed E-state index contributed by atoms with van der Waals surface area (Å²) in [6, 6.07) is 16.9. The van der Waals surface area contributed by atoms with Crippen LogP contribution in [0.2, 0.25) is 5.02 Å². The first-order valence-corrected chi connectivity index (χ1v) is 9.95. The molecule has 4 rings (SSSR count). The van der Waals surface area contributed by atoms with Crippen molar-refractivity contribution in [3.63, 3.8) is 0 Å². The number of thiophene rings is 1. The van der Waals surface area contributed by atoms with Gasteiger partial charge in [0.2, 0.25) is 0 Å². The van der Waals surface area contributed by atoms with Crippen molar-refractivity contribution in [1.29, 1.82) is 0 Å².